The number of nitrogens with zero attached hydrogens (tertiary/aromatic N) is 4. The van der Waals surface area contributed by atoms with Crippen LogP contribution >= 0.6 is 0 Å². The number of rotatable bonds is 5. The molecule has 1 amide bonds. The zero-order chi connectivity index (χ0) is 18.8. The van der Waals surface area contributed by atoms with Crippen LogP contribution in [-0.4, -0.2) is 31.1 Å². The van der Waals surface area contributed by atoms with E-state index in [1.165, 1.54) is 0 Å². The van der Waals surface area contributed by atoms with Gasteiger partial charge in [0, 0.05) is 22.6 Å². The van der Waals surface area contributed by atoms with Crippen LogP contribution in [0.5, 0.6) is 0 Å². The second kappa shape index (κ2) is 6.91. The number of nitrogens with one attached hydrogen (secondary N) is 2. The summed E-state index contributed by atoms with van der Waals surface area (Å²) in [7, 11) is 0. The normalized spacial score (nSPS) is 10.9. The number of carbonyl (C=O) groups excluding carboxylic acids is 1. The van der Waals surface area contributed by atoms with Gasteiger partial charge in [-0.05, 0) is 49.4 Å². The molecule has 0 spiro atoms. The molecule has 8 heteroatoms. The maximum Gasteiger partial charge on any atom is 0.257 e. The van der Waals surface area contributed by atoms with Gasteiger partial charge in [-0.1, -0.05) is 12.1 Å². The fourth-order valence-electron chi connectivity index (χ4n) is 3.05. The van der Waals surface area contributed by atoms with Gasteiger partial charge in [-0.3, -0.25) is 4.79 Å². The van der Waals surface area contributed by atoms with Gasteiger partial charge in [-0.2, -0.15) is 5.21 Å². The highest BCUT2D eigenvalue weighted by Gasteiger charge is 2.17. The van der Waals surface area contributed by atoms with Crippen molar-refractivity contribution in [3.05, 3.63) is 71.4 Å². The number of furan rings is 1. The number of aryl methyl sites for hydroxylation is 1. The van der Waals surface area contributed by atoms with Gasteiger partial charge in [0.2, 0.25) is 5.82 Å². The molecule has 0 aliphatic heterocycles. The summed E-state index contributed by atoms with van der Waals surface area (Å²) < 4.78 is 7.48. The van der Waals surface area contributed by atoms with E-state index in [0.29, 0.717) is 23.6 Å². The van der Waals surface area contributed by atoms with E-state index in [1.54, 1.807) is 6.26 Å². The van der Waals surface area contributed by atoms with Gasteiger partial charge in [0.25, 0.3) is 5.91 Å². The minimum atomic E-state index is -0.168. The number of amides is 1. The molecule has 0 radical (unpaired) electrons. The number of hydrogen-bond acceptors (Lipinski definition) is 5. The molecule has 0 bridgehead atoms. The third kappa shape index (κ3) is 3.37. The van der Waals surface area contributed by atoms with E-state index in [1.807, 2.05) is 56.3 Å². The third-order valence-corrected chi connectivity index (χ3v) is 4.44. The average Bonchev–Trinajstić information content (AvgIpc) is 3.41. The summed E-state index contributed by atoms with van der Waals surface area (Å²) in [5, 5.41) is 16.8. The van der Waals surface area contributed by atoms with Crippen LogP contribution in [0.15, 0.2) is 53.1 Å². The largest absolute Gasteiger partial charge is 0.467 e. The predicted molar refractivity (Wildman–Crippen MR) is 99.3 cm³/mol. The van der Waals surface area contributed by atoms with E-state index in [9.17, 15) is 4.79 Å². The summed E-state index contributed by atoms with van der Waals surface area (Å²) in [6, 6.07) is 13.0. The number of tetrazole rings is 1. The lowest BCUT2D eigenvalue weighted by molar-refractivity contribution is 0.102. The number of aromatic amines is 1. The summed E-state index contributed by atoms with van der Waals surface area (Å²) >= 11 is 0. The summed E-state index contributed by atoms with van der Waals surface area (Å²) in [5.74, 6) is 1.15. The molecule has 0 atom stereocenters. The molecule has 4 aromatic rings. The molecule has 27 heavy (non-hydrogen) atoms. The van der Waals surface area contributed by atoms with Crippen LogP contribution in [0.1, 0.15) is 27.5 Å². The molecule has 8 nitrogen and oxygen atoms in total. The van der Waals surface area contributed by atoms with Crippen molar-refractivity contribution in [2.45, 2.75) is 20.4 Å². The Kier molecular flexibility index (Phi) is 4.29. The number of benzene rings is 1. The number of aromatic nitrogens is 5. The van der Waals surface area contributed by atoms with Crippen molar-refractivity contribution in [2.24, 2.45) is 0 Å². The monoisotopic (exact) mass is 362 g/mol. The lowest BCUT2D eigenvalue weighted by atomic mass is 10.1. The topological polar surface area (TPSA) is 102 Å². The zero-order valence-corrected chi connectivity index (χ0v) is 14.9. The summed E-state index contributed by atoms with van der Waals surface area (Å²) in [4.78, 5) is 12.8. The first-order valence-electron chi connectivity index (χ1n) is 8.46. The van der Waals surface area contributed by atoms with Gasteiger partial charge in [0.05, 0.1) is 18.4 Å². The van der Waals surface area contributed by atoms with Gasteiger partial charge in [-0.25, -0.2) is 0 Å². The molecule has 0 saturated carbocycles. The smallest absolute Gasteiger partial charge is 0.257 e. The summed E-state index contributed by atoms with van der Waals surface area (Å²) in [6.07, 6.45) is 1.65. The van der Waals surface area contributed by atoms with Gasteiger partial charge in [-0.15, -0.1) is 10.2 Å². The molecule has 4 rings (SSSR count). The third-order valence-electron chi connectivity index (χ3n) is 4.44. The quantitative estimate of drug-likeness (QED) is 0.568. The van der Waals surface area contributed by atoms with Crippen LogP contribution < -0.4 is 5.32 Å². The fourth-order valence-corrected chi connectivity index (χ4v) is 3.05. The highest BCUT2D eigenvalue weighted by atomic mass is 16.3. The van der Waals surface area contributed by atoms with Crippen LogP contribution in [-0.2, 0) is 6.54 Å². The van der Waals surface area contributed by atoms with Crippen molar-refractivity contribution in [1.82, 2.24) is 25.2 Å². The molecule has 136 valence electrons. The van der Waals surface area contributed by atoms with E-state index in [4.69, 9.17) is 4.42 Å². The van der Waals surface area contributed by atoms with Crippen LogP contribution in [0.2, 0.25) is 0 Å². The lowest BCUT2D eigenvalue weighted by Crippen LogP contribution is -2.13. The first-order valence-corrected chi connectivity index (χ1v) is 8.46. The molecular formula is C19H18N6O2. The maximum absolute atomic E-state index is 12.8. The van der Waals surface area contributed by atoms with Crippen molar-refractivity contribution < 1.29 is 9.21 Å². The van der Waals surface area contributed by atoms with Crippen LogP contribution in [0.25, 0.3) is 11.4 Å². The Hall–Kier alpha value is -3.68. The van der Waals surface area contributed by atoms with E-state index in [-0.39, 0.29) is 5.91 Å². The first-order chi connectivity index (χ1) is 13.1. The van der Waals surface area contributed by atoms with Crippen molar-refractivity contribution >= 4 is 11.6 Å². The predicted octanol–water partition coefficient (Wildman–Crippen LogP) is 3.18. The van der Waals surface area contributed by atoms with Crippen LogP contribution in [0.4, 0.5) is 5.69 Å². The zero-order valence-electron chi connectivity index (χ0n) is 14.9. The summed E-state index contributed by atoms with van der Waals surface area (Å²) in [5.41, 5.74) is 3.94. The number of anilines is 1. The standard InChI is InChI=1S/C19H18N6O2/c1-12-9-17(13(2)25(12)11-16-7-4-8-27-16)19(26)20-15-6-3-5-14(10-15)18-21-23-24-22-18/h3-10H,11H2,1-2H3,(H,20,26)(H,21,22,23,24). The fraction of sp³-hybridized carbons (Fsp3) is 0.158. The molecule has 3 aromatic heterocycles. The van der Waals surface area contributed by atoms with Gasteiger partial charge in [0.15, 0.2) is 0 Å². The second-order valence-corrected chi connectivity index (χ2v) is 6.22. The maximum atomic E-state index is 12.8. The molecule has 0 aliphatic carbocycles. The van der Waals surface area contributed by atoms with Crippen LogP contribution in [0, 0.1) is 13.8 Å². The Morgan fingerprint density at radius 3 is 2.85 bits per heavy atom. The average molecular weight is 362 g/mol. The first kappa shape index (κ1) is 16.8. The molecule has 0 saturated heterocycles. The van der Waals surface area contributed by atoms with Crippen molar-refractivity contribution in [3.63, 3.8) is 0 Å². The number of H-pyrrole nitrogens is 1. The molecule has 2 N–H and O–H groups in total. The Morgan fingerprint density at radius 1 is 1.22 bits per heavy atom. The molecule has 0 unspecified atom stereocenters. The molecule has 0 fully saturated rings. The molecular weight excluding hydrogens is 344 g/mol. The number of hydrogen-bond donors (Lipinski definition) is 2. The minimum absolute atomic E-state index is 0.168. The Labute approximate surface area is 155 Å². The molecule has 0 aliphatic rings. The van der Waals surface area contributed by atoms with Crippen molar-refractivity contribution in [3.8, 4) is 11.4 Å². The Morgan fingerprint density at radius 2 is 2.11 bits per heavy atom. The lowest BCUT2D eigenvalue weighted by Gasteiger charge is -2.09. The van der Waals surface area contributed by atoms with Gasteiger partial charge >= 0.3 is 0 Å². The minimum Gasteiger partial charge on any atom is -0.467 e. The van der Waals surface area contributed by atoms with Gasteiger partial charge < -0.3 is 14.3 Å². The van der Waals surface area contributed by atoms with Crippen molar-refractivity contribution in [2.75, 3.05) is 5.32 Å². The summed E-state index contributed by atoms with van der Waals surface area (Å²) in [6.45, 7) is 4.50. The molecule has 1 aromatic carbocycles. The van der Waals surface area contributed by atoms with Crippen LogP contribution in [0.3, 0.4) is 0 Å². The molecule has 3 heterocycles. The highest BCUT2D eigenvalue weighted by molar-refractivity contribution is 6.05. The second-order valence-electron chi connectivity index (χ2n) is 6.22. The van der Waals surface area contributed by atoms with E-state index in [0.717, 1.165) is 22.7 Å². The SMILES string of the molecule is Cc1cc(C(=O)Nc2cccc(-c3nn[nH]n3)c2)c(C)n1Cc1ccco1. The Bertz CT molecular complexity index is 1060. The van der Waals surface area contributed by atoms with E-state index >= 15 is 0 Å². The van der Waals surface area contributed by atoms with Gasteiger partial charge in [0.1, 0.15) is 5.76 Å². The Balaban J connectivity index is 1.56. The van der Waals surface area contributed by atoms with Crippen molar-refractivity contribution in [1.29, 1.82) is 0 Å². The number of carbonyl (C=O) groups is 1. The van der Waals surface area contributed by atoms with E-state index < -0.39 is 0 Å². The van der Waals surface area contributed by atoms with E-state index in [2.05, 4.69) is 30.5 Å². The highest BCUT2D eigenvalue weighted by Crippen LogP contribution is 2.21.